The van der Waals surface area contributed by atoms with E-state index in [1.165, 1.54) is 30.3 Å². The molecule has 0 aliphatic heterocycles. The lowest BCUT2D eigenvalue weighted by molar-refractivity contribution is 0.1000. The number of hydrogen-bond acceptors (Lipinski definition) is 5. The Hall–Kier alpha value is -4.20. The lowest BCUT2D eigenvalue weighted by Gasteiger charge is -2.03. The van der Waals surface area contributed by atoms with E-state index in [-0.39, 0.29) is 5.82 Å². The number of carbonyl (C=O) groups excluding carboxylic acids is 2. The Morgan fingerprint density at radius 2 is 1.77 bits per heavy atom. The minimum absolute atomic E-state index is 0.319. The molecule has 3 aromatic carbocycles. The molecule has 0 aliphatic carbocycles. The van der Waals surface area contributed by atoms with Gasteiger partial charge in [0.2, 0.25) is 5.91 Å². The molecule has 0 fully saturated rings. The molecule has 0 bridgehead atoms. The quantitative estimate of drug-likeness (QED) is 0.353. The van der Waals surface area contributed by atoms with Gasteiger partial charge in [-0.15, -0.1) is 0 Å². The number of nitrogens with two attached hydrogens (primary N) is 1. The van der Waals surface area contributed by atoms with Gasteiger partial charge in [0.25, 0.3) is 0 Å². The average Bonchev–Trinajstić information content (AvgIpc) is 3.10. The molecule has 0 unspecified atom stereocenters. The van der Waals surface area contributed by atoms with Crippen molar-refractivity contribution in [2.75, 3.05) is 12.4 Å². The Morgan fingerprint density at radius 3 is 2.33 bits per heavy atom. The summed E-state index contributed by atoms with van der Waals surface area (Å²) in [6.45, 7) is 0. The summed E-state index contributed by atoms with van der Waals surface area (Å²) in [6.07, 6.45) is 0.680. The Balaban J connectivity index is 0.000000239. The molecule has 0 saturated carbocycles. The molecule has 4 aromatic rings. The van der Waals surface area contributed by atoms with Crippen LogP contribution in [0.4, 0.5) is 10.1 Å². The van der Waals surface area contributed by atoms with E-state index in [1.54, 1.807) is 12.1 Å². The second-order valence-corrected chi connectivity index (χ2v) is 6.31. The largest absolute Gasteiger partial charge is 0.426 e. The second kappa shape index (κ2) is 8.87. The van der Waals surface area contributed by atoms with Crippen LogP contribution in [0.15, 0.2) is 66.7 Å². The summed E-state index contributed by atoms with van der Waals surface area (Å²) in [4.78, 5) is 25.6. The average molecular weight is 406 g/mol. The van der Waals surface area contributed by atoms with Gasteiger partial charge >= 0.3 is 0 Å². The maximum Gasteiger partial charge on any atom is 0.248 e. The molecule has 4 rings (SSSR count). The van der Waals surface area contributed by atoms with Gasteiger partial charge in [-0.1, -0.05) is 0 Å². The highest BCUT2D eigenvalue weighted by molar-refractivity contribution is 5.96. The number of halogens is 1. The number of carbonyl (C=O) groups is 2. The SMILES string of the molecule is CNc1ccc(-c2nc3ccc(C(N)=O)cc3n2O)cc1.O=Cc1ccc(F)cc1. The Kier molecular flexibility index (Phi) is 6.07. The van der Waals surface area contributed by atoms with Gasteiger partial charge in [0, 0.05) is 29.4 Å². The fourth-order valence-electron chi connectivity index (χ4n) is 2.73. The van der Waals surface area contributed by atoms with Crippen LogP contribution in [0.3, 0.4) is 0 Å². The number of hydrogen-bond donors (Lipinski definition) is 3. The van der Waals surface area contributed by atoms with E-state index < -0.39 is 5.91 Å². The molecule has 4 N–H and O–H groups in total. The zero-order chi connectivity index (χ0) is 21.7. The Labute approximate surface area is 171 Å². The van der Waals surface area contributed by atoms with Crippen LogP contribution in [0.25, 0.3) is 22.4 Å². The Morgan fingerprint density at radius 1 is 1.10 bits per heavy atom. The van der Waals surface area contributed by atoms with Crippen molar-refractivity contribution in [1.29, 1.82) is 0 Å². The number of fused-ring (bicyclic) bond motifs is 1. The van der Waals surface area contributed by atoms with E-state index in [0.29, 0.717) is 34.3 Å². The third kappa shape index (κ3) is 4.44. The molecule has 152 valence electrons. The number of nitrogens with one attached hydrogen (secondary N) is 1. The minimum atomic E-state index is -0.543. The third-order valence-corrected chi connectivity index (χ3v) is 4.35. The normalized spacial score (nSPS) is 10.2. The van der Waals surface area contributed by atoms with Crippen molar-refractivity contribution in [3.63, 3.8) is 0 Å². The molecule has 30 heavy (non-hydrogen) atoms. The van der Waals surface area contributed by atoms with Crippen molar-refractivity contribution >= 4 is 28.9 Å². The molecule has 0 spiro atoms. The van der Waals surface area contributed by atoms with Crippen molar-refractivity contribution < 1.29 is 19.2 Å². The fourth-order valence-corrected chi connectivity index (χ4v) is 2.73. The van der Waals surface area contributed by atoms with Crippen molar-refractivity contribution in [1.82, 2.24) is 9.71 Å². The van der Waals surface area contributed by atoms with E-state index >= 15 is 0 Å². The summed E-state index contributed by atoms with van der Waals surface area (Å²) in [5.74, 6) is -0.451. The molecule has 1 aromatic heterocycles. The highest BCUT2D eigenvalue weighted by atomic mass is 19.1. The summed E-state index contributed by atoms with van der Waals surface area (Å²) in [7, 11) is 1.83. The summed E-state index contributed by atoms with van der Waals surface area (Å²) in [5.41, 5.74) is 8.85. The van der Waals surface area contributed by atoms with Crippen LogP contribution in [0, 0.1) is 5.82 Å². The summed E-state index contributed by atoms with van der Waals surface area (Å²) < 4.78 is 13.1. The van der Waals surface area contributed by atoms with Crippen LogP contribution in [-0.2, 0) is 0 Å². The third-order valence-electron chi connectivity index (χ3n) is 4.35. The molecule has 0 saturated heterocycles. The van der Waals surface area contributed by atoms with Crippen LogP contribution in [-0.4, -0.2) is 34.2 Å². The number of imidazole rings is 1. The smallest absolute Gasteiger partial charge is 0.248 e. The topological polar surface area (TPSA) is 110 Å². The number of benzene rings is 3. The number of primary amides is 1. The molecule has 7 nitrogen and oxygen atoms in total. The van der Waals surface area contributed by atoms with E-state index in [9.17, 15) is 19.2 Å². The molecular weight excluding hydrogens is 387 g/mol. The number of amides is 1. The van der Waals surface area contributed by atoms with E-state index in [2.05, 4.69) is 10.3 Å². The number of anilines is 1. The van der Waals surface area contributed by atoms with Gasteiger partial charge in [0.15, 0.2) is 5.82 Å². The molecule has 1 heterocycles. The number of aldehydes is 1. The van der Waals surface area contributed by atoms with Crippen LogP contribution in [0.2, 0.25) is 0 Å². The first-order valence-corrected chi connectivity index (χ1v) is 8.93. The van der Waals surface area contributed by atoms with Crippen molar-refractivity contribution in [3.05, 3.63) is 83.7 Å². The van der Waals surface area contributed by atoms with E-state index in [0.717, 1.165) is 16.0 Å². The second-order valence-electron chi connectivity index (χ2n) is 6.31. The van der Waals surface area contributed by atoms with Gasteiger partial charge in [0.1, 0.15) is 17.6 Å². The maximum absolute atomic E-state index is 12.1. The van der Waals surface area contributed by atoms with E-state index in [4.69, 9.17) is 5.73 Å². The van der Waals surface area contributed by atoms with Crippen LogP contribution in [0.5, 0.6) is 0 Å². The first kappa shape index (κ1) is 20.5. The summed E-state index contributed by atoms with van der Waals surface area (Å²) >= 11 is 0. The number of rotatable bonds is 4. The fraction of sp³-hybridized carbons (Fsp3) is 0.0455. The molecule has 8 heteroatoms. The lowest BCUT2D eigenvalue weighted by atomic mass is 10.2. The predicted octanol–water partition coefficient (Wildman–Crippen LogP) is 3.72. The highest BCUT2D eigenvalue weighted by Crippen LogP contribution is 2.25. The molecule has 0 atom stereocenters. The lowest BCUT2D eigenvalue weighted by Crippen LogP contribution is -2.10. The minimum Gasteiger partial charge on any atom is -0.426 e. The zero-order valence-electron chi connectivity index (χ0n) is 16.0. The number of nitrogens with zero attached hydrogens (tertiary/aromatic N) is 2. The van der Waals surface area contributed by atoms with Crippen LogP contribution < -0.4 is 11.1 Å². The molecule has 0 aliphatic rings. The van der Waals surface area contributed by atoms with Crippen molar-refractivity contribution in [3.8, 4) is 11.4 Å². The predicted molar refractivity (Wildman–Crippen MR) is 112 cm³/mol. The first-order chi connectivity index (χ1) is 14.4. The van der Waals surface area contributed by atoms with Crippen molar-refractivity contribution in [2.45, 2.75) is 0 Å². The van der Waals surface area contributed by atoms with Gasteiger partial charge in [-0.05, 0) is 66.7 Å². The van der Waals surface area contributed by atoms with Gasteiger partial charge in [-0.3, -0.25) is 9.59 Å². The van der Waals surface area contributed by atoms with Crippen LogP contribution in [0.1, 0.15) is 20.7 Å². The van der Waals surface area contributed by atoms with Gasteiger partial charge in [-0.25, -0.2) is 9.37 Å². The maximum atomic E-state index is 12.1. The summed E-state index contributed by atoms with van der Waals surface area (Å²) in [5, 5.41) is 13.3. The highest BCUT2D eigenvalue weighted by Gasteiger charge is 2.13. The molecular formula is C22H19FN4O3. The molecule has 0 radical (unpaired) electrons. The standard InChI is InChI=1S/C15H14N4O2.C7H5FO/c1-17-11-5-2-9(3-6-11)15-18-12-7-4-10(14(16)20)8-13(12)19(15)21;8-7-3-1-6(5-9)2-4-7/h2-8,17,21H,1H3,(H2,16,20);1-5H. The van der Waals surface area contributed by atoms with Gasteiger partial charge < -0.3 is 16.3 Å². The first-order valence-electron chi connectivity index (χ1n) is 8.93. The van der Waals surface area contributed by atoms with E-state index in [1.807, 2.05) is 31.3 Å². The van der Waals surface area contributed by atoms with Crippen molar-refractivity contribution in [2.24, 2.45) is 5.73 Å². The van der Waals surface area contributed by atoms with Crippen LogP contribution >= 0.6 is 0 Å². The number of aromatic nitrogens is 2. The Bertz CT molecular complexity index is 1190. The van der Waals surface area contributed by atoms with Gasteiger partial charge in [0.05, 0.1) is 5.52 Å². The summed E-state index contributed by atoms with van der Waals surface area (Å²) in [6, 6.07) is 17.6. The van der Waals surface area contributed by atoms with Gasteiger partial charge in [-0.2, -0.15) is 4.73 Å². The monoisotopic (exact) mass is 406 g/mol. The zero-order valence-corrected chi connectivity index (χ0v) is 16.0. The molecule has 1 amide bonds.